The summed E-state index contributed by atoms with van der Waals surface area (Å²) in [4.78, 5) is 16.3. The van der Waals surface area contributed by atoms with Gasteiger partial charge < -0.3 is 4.90 Å². The summed E-state index contributed by atoms with van der Waals surface area (Å²) in [5.74, 6) is -0.0713. The summed E-state index contributed by atoms with van der Waals surface area (Å²) in [6, 6.07) is 8.73. The Bertz CT molecular complexity index is 952. The maximum atomic E-state index is 13.1. The Balaban J connectivity index is 1.59. The van der Waals surface area contributed by atoms with Crippen molar-refractivity contribution in [3.05, 3.63) is 51.7 Å². The maximum absolute atomic E-state index is 13.1. The first-order valence-electron chi connectivity index (χ1n) is 9.43. The second kappa shape index (κ2) is 7.37. The van der Waals surface area contributed by atoms with E-state index in [9.17, 15) is 13.2 Å². The van der Waals surface area contributed by atoms with E-state index in [1.165, 1.54) is 9.18 Å². The second-order valence-electron chi connectivity index (χ2n) is 7.33. The molecule has 1 aromatic heterocycles. The molecule has 0 spiro atoms. The Morgan fingerprint density at radius 2 is 2.04 bits per heavy atom. The number of nitrogens with zero attached hydrogens (tertiary/aromatic N) is 2. The van der Waals surface area contributed by atoms with Crippen LogP contribution in [0.4, 0.5) is 0 Å². The molecule has 4 rings (SSSR count). The summed E-state index contributed by atoms with van der Waals surface area (Å²) >= 11 is 1.68. The standard InChI is InChI=1S/C20H24N2O3S2/c1-15-5-2-3-10-22(15)20(23)16-6-4-7-18(13-16)27(24,25)21-11-8-19-17(14-21)9-12-26-19/h4,6-7,9,12-13,15H,2-3,5,8,10-11,14H2,1H3. The van der Waals surface area contributed by atoms with Crippen LogP contribution in [-0.4, -0.2) is 42.7 Å². The van der Waals surface area contributed by atoms with Crippen molar-refractivity contribution < 1.29 is 13.2 Å². The fraction of sp³-hybridized carbons (Fsp3) is 0.450. The van der Waals surface area contributed by atoms with E-state index in [0.717, 1.165) is 37.8 Å². The number of carbonyl (C=O) groups is 1. The smallest absolute Gasteiger partial charge is 0.254 e. The van der Waals surface area contributed by atoms with Crippen LogP contribution in [0.3, 0.4) is 0 Å². The zero-order valence-corrected chi connectivity index (χ0v) is 17.1. The monoisotopic (exact) mass is 404 g/mol. The zero-order chi connectivity index (χ0) is 19.0. The predicted octanol–water partition coefficient (Wildman–Crippen LogP) is 3.51. The molecule has 1 fully saturated rings. The molecule has 1 atom stereocenters. The molecule has 144 valence electrons. The Hall–Kier alpha value is -1.70. The number of thiophene rings is 1. The minimum absolute atomic E-state index is 0.0713. The van der Waals surface area contributed by atoms with Crippen molar-refractivity contribution in [1.29, 1.82) is 0 Å². The van der Waals surface area contributed by atoms with Crippen LogP contribution in [0.25, 0.3) is 0 Å². The predicted molar refractivity (Wildman–Crippen MR) is 106 cm³/mol. The summed E-state index contributed by atoms with van der Waals surface area (Å²) in [7, 11) is -3.62. The molecular weight excluding hydrogens is 380 g/mol. The van der Waals surface area contributed by atoms with Gasteiger partial charge in [0.1, 0.15) is 0 Å². The lowest BCUT2D eigenvalue weighted by molar-refractivity contribution is 0.0635. The summed E-state index contributed by atoms with van der Waals surface area (Å²) < 4.78 is 27.8. The van der Waals surface area contributed by atoms with Gasteiger partial charge in [0.05, 0.1) is 4.90 Å². The van der Waals surface area contributed by atoms with E-state index in [2.05, 4.69) is 6.92 Å². The van der Waals surface area contributed by atoms with E-state index in [1.54, 1.807) is 35.6 Å². The summed E-state index contributed by atoms with van der Waals surface area (Å²) in [6.45, 7) is 3.69. The normalized spacial score (nSPS) is 21.1. The fourth-order valence-corrected chi connectivity index (χ4v) is 6.29. The number of benzene rings is 1. The third-order valence-electron chi connectivity index (χ3n) is 5.56. The van der Waals surface area contributed by atoms with Gasteiger partial charge in [0.2, 0.25) is 10.0 Å². The lowest BCUT2D eigenvalue weighted by atomic mass is 10.0. The molecule has 0 aliphatic carbocycles. The van der Waals surface area contributed by atoms with Crippen molar-refractivity contribution in [3.63, 3.8) is 0 Å². The Kier molecular flexibility index (Phi) is 5.09. The molecule has 0 radical (unpaired) electrons. The highest BCUT2D eigenvalue weighted by molar-refractivity contribution is 7.89. The van der Waals surface area contributed by atoms with E-state index >= 15 is 0 Å². The van der Waals surface area contributed by atoms with Gasteiger partial charge in [-0.05, 0) is 67.8 Å². The highest BCUT2D eigenvalue weighted by Gasteiger charge is 2.30. The van der Waals surface area contributed by atoms with Gasteiger partial charge in [-0.15, -0.1) is 11.3 Å². The number of carbonyl (C=O) groups excluding carboxylic acids is 1. The average Bonchev–Trinajstić information content (AvgIpc) is 3.16. The van der Waals surface area contributed by atoms with E-state index in [0.29, 0.717) is 18.7 Å². The van der Waals surface area contributed by atoms with Crippen molar-refractivity contribution in [2.45, 2.75) is 50.1 Å². The zero-order valence-electron chi connectivity index (χ0n) is 15.4. The molecule has 0 saturated carbocycles. The molecule has 1 aromatic carbocycles. The molecule has 2 aliphatic heterocycles. The largest absolute Gasteiger partial charge is 0.336 e. The minimum atomic E-state index is -3.62. The second-order valence-corrected chi connectivity index (χ2v) is 10.3. The van der Waals surface area contributed by atoms with Crippen LogP contribution in [0.15, 0.2) is 40.6 Å². The van der Waals surface area contributed by atoms with Crippen molar-refractivity contribution in [3.8, 4) is 0 Å². The number of likely N-dealkylation sites (tertiary alicyclic amines) is 1. The third-order valence-corrected chi connectivity index (χ3v) is 8.42. The van der Waals surface area contributed by atoms with Gasteiger partial charge in [0.15, 0.2) is 0 Å². The van der Waals surface area contributed by atoms with Gasteiger partial charge in [-0.25, -0.2) is 8.42 Å². The van der Waals surface area contributed by atoms with Crippen LogP contribution in [0.1, 0.15) is 47.0 Å². The lowest BCUT2D eigenvalue weighted by Gasteiger charge is -2.33. The third kappa shape index (κ3) is 3.56. The summed E-state index contributed by atoms with van der Waals surface area (Å²) in [5.41, 5.74) is 1.54. The van der Waals surface area contributed by atoms with Gasteiger partial charge in [0.25, 0.3) is 5.91 Å². The number of hydrogen-bond donors (Lipinski definition) is 0. The van der Waals surface area contributed by atoms with E-state index < -0.39 is 10.0 Å². The van der Waals surface area contributed by atoms with Gasteiger partial charge >= 0.3 is 0 Å². The molecule has 1 amide bonds. The van der Waals surface area contributed by atoms with Crippen molar-refractivity contribution in [1.82, 2.24) is 9.21 Å². The topological polar surface area (TPSA) is 57.7 Å². The SMILES string of the molecule is CC1CCCCN1C(=O)c1cccc(S(=O)(=O)N2CCc3sccc3C2)c1. The Morgan fingerprint density at radius 1 is 1.19 bits per heavy atom. The van der Waals surface area contributed by atoms with Crippen molar-refractivity contribution in [2.75, 3.05) is 13.1 Å². The first-order chi connectivity index (χ1) is 13.0. The fourth-order valence-electron chi connectivity index (χ4n) is 3.93. The molecule has 1 unspecified atom stereocenters. The molecule has 27 heavy (non-hydrogen) atoms. The van der Waals surface area contributed by atoms with Crippen LogP contribution in [0.5, 0.6) is 0 Å². The molecule has 0 bridgehead atoms. The van der Waals surface area contributed by atoms with Crippen molar-refractivity contribution in [2.24, 2.45) is 0 Å². The average molecular weight is 405 g/mol. The Morgan fingerprint density at radius 3 is 2.85 bits per heavy atom. The summed E-state index contributed by atoms with van der Waals surface area (Å²) in [6.07, 6.45) is 3.89. The first kappa shape index (κ1) is 18.7. The first-order valence-corrected chi connectivity index (χ1v) is 11.8. The number of rotatable bonds is 3. The number of amides is 1. The van der Waals surface area contributed by atoms with Gasteiger partial charge in [-0.1, -0.05) is 6.07 Å². The van der Waals surface area contributed by atoms with Gasteiger partial charge in [-0.3, -0.25) is 4.79 Å². The lowest BCUT2D eigenvalue weighted by Crippen LogP contribution is -2.42. The highest BCUT2D eigenvalue weighted by Crippen LogP contribution is 2.29. The van der Waals surface area contributed by atoms with Crippen LogP contribution in [0.2, 0.25) is 0 Å². The number of piperidine rings is 1. The molecule has 0 N–H and O–H groups in total. The van der Waals surface area contributed by atoms with E-state index in [4.69, 9.17) is 0 Å². The quantitative estimate of drug-likeness (QED) is 0.787. The molecule has 7 heteroatoms. The van der Waals surface area contributed by atoms with Gasteiger partial charge in [0, 0.05) is 36.1 Å². The number of sulfonamides is 1. The molecule has 2 aliphatic rings. The van der Waals surface area contributed by atoms with Gasteiger partial charge in [-0.2, -0.15) is 4.31 Å². The number of fused-ring (bicyclic) bond motifs is 1. The van der Waals surface area contributed by atoms with Crippen LogP contribution >= 0.6 is 11.3 Å². The minimum Gasteiger partial charge on any atom is -0.336 e. The molecule has 1 saturated heterocycles. The van der Waals surface area contributed by atoms with Crippen LogP contribution in [-0.2, 0) is 23.0 Å². The number of hydrogen-bond acceptors (Lipinski definition) is 4. The van der Waals surface area contributed by atoms with E-state index in [1.807, 2.05) is 16.3 Å². The molecule has 5 nitrogen and oxygen atoms in total. The van der Waals surface area contributed by atoms with Crippen LogP contribution < -0.4 is 0 Å². The van der Waals surface area contributed by atoms with Crippen LogP contribution in [0, 0.1) is 0 Å². The van der Waals surface area contributed by atoms with Crippen molar-refractivity contribution >= 4 is 27.3 Å². The summed E-state index contributed by atoms with van der Waals surface area (Å²) in [5, 5.41) is 2.01. The van der Waals surface area contributed by atoms with E-state index in [-0.39, 0.29) is 16.8 Å². The Labute approximate surface area is 164 Å². The molecule has 3 heterocycles. The molecule has 2 aromatic rings. The highest BCUT2D eigenvalue weighted by atomic mass is 32.2. The molecular formula is C20H24N2O3S2. The maximum Gasteiger partial charge on any atom is 0.254 e.